The first-order valence-electron chi connectivity index (χ1n) is 10.1. The highest BCUT2D eigenvalue weighted by Crippen LogP contribution is 2.35. The summed E-state index contributed by atoms with van der Waals surface area (Å²) in [6.07, 6.45) is 1.87. The van der Waals surface area contributed by atoms with Gasteiger partial charge >= 0.3 is 0 Å². The quantitative estimate of drug-likeness (QED) is 0.363. The number of carbonyl (C=O) groups is 1. The standard InChI is InChI=1S/C25H19ClN4OS/c1-16-6-12-19(13-7-16)27-25-30(15-23-28-20-4-2-3-5-21(20)29-23)24(31)22(32-25)14-17-8-10-18(26)11-9-17/h2-14H,15H2,1H3,(H,28,29)/b22-14-,27-25?. The Kier molecular flexibility index (Phi) is 5.55. The molecule has 1 fully saturated rings. The predicted molar refractivity (Wildman–Crippen MR) is 132 cm³/mol. The zero-order chi connectivity index (χ0) is 22.1. The number of benzene rings is 3. The maximum absolute atomic E-state index is 13.3. The molecule has 1 aromatic heterocycles. The van der Waals surface area contributed by atoms with E-state index in [1.165, 1.54) is 11.8 Å². The van der Waals surface area contributed by atoms with Crippen LogP contribution in [0.5, 0.6) is 0 Å². The van der Waals surface area contributed by atoms with E-state index in [1.54, 1.807) is 4.90 Å². The Hall–Kier alpha value is -3.35. The summed E-state index contributed by atoms with van der Waals surface area (Å²) in [4.78, 5) is 28.3. The number of hydrogen-bond donors (Lipinski definition) is 1. The van der Waals surface area contributed by atoms with Gasteiger partial charge in [0.25, 0.3) is 5.91 Å². The van der Waals surface area contributed by atoms with Crippen LogP contribution in [-0.2, 0) is 11.3 Å². The fourth-order valence-electron chi connectivity index (χ4n) is 3.40. The van der Waals surface area contributed by atoms with E-state index in [9.17, 15) is 4.79 Å². The first kappa shape index (κ1) is 20.5. The Morgan fingerprint density at radius 2 is 1.81 bits per heavy atom. The van der Waals surface area contributed by atoms with Gasteiger partial charge in [0, 0.05) is 5.02 Å². The van der Waals surface area contributed by atoms with Crippen LogP contribution in [0.4, 0.5) is 5.69 Å². The highest BCUT2D eigenvalue weighted by molar-refractivity contribution is 8.18. The number of thioether (sulfide) groups is 1. The molecule has 2 heterocycles. The summed E-state index contributed by atoms with van der Waals surface area (Å²) >= 11 is 7.36. The molecule has 0 radical (unpaired) electrons. The van der Waals surface area contributed by atoms with Crippen LogP contribution < -0.4 is 0 Å². The number of amides is 1. The van der Waals surface area contributed by atoms with E-state index >= 15 is 0 Å². The summed E-state index contributed by atoms with van der Waals surface area (Å²) in [5.41, 5.74) is 4.68. The summed E-state index contributed by atoms with van der Waals surface area (Å²) in [5, 5.41) is 1.28. The van der Waals surface area contributed by atoms with Gasteiger partial charge in [0.2, 0.25) is 0 Å². The molecular weight excluding hydrogens is 440 g/mol. The minimum absolute atomic E-state index is 0.101. The number of rotatable bonds is 4. The van der Waals surface area contributed by atoms with Crippen LogP contribution in [0.3, 0.4) is 0 Å². The molecule has 1 N–H and O–H groups in total. The number of aryl methyl sites for hydroxylation is 1. The number of aliphatic imine (C=N–C) groups is 1. The van der Waals surface area contributed by atoms with E-state index in [-0.39, 0.29) is 5.91 Å². The first-order chi connectivity index (χ1) is 15.5. The smallest absolute Gasteiger partial charge is 0.267 e. The van der Waals surface area contributed by atoms with Gasteiger partial charge in [-0.3, -0.25) is 9.69 Å². The van der Waals surface area contributed by atoms with Gasteiger partial charge in [0.1, 0.15) is 5.82 Å². The Labute approximate surface area is 194 Å². The van der Waals surface area contributed by atoms with Gasteiger partial charge in [-0.2, -0.15) is 0 Å². The molecule has 5 rings (SSSR count). The number of aromatic amines is 1. The maximum Gasteiger partial charge on any atom is 0.267 e. The van der Waals surface area contributed by atoms with Crippen molar-refractivity contribution in [1.82, 2.24) is 14.9 Å². The number of carbonyl (C=O) groups excluding carboxylic acids is 1. The summed E-state index contributed by atoms with van der Waals surface area (Å²) in [7, 11) is 0. The van der Waals surface area contributed by atoms with Gasteiger partial charge in [-0.25, -0.2) is 9.98 Å². The second-order valence-electron chi connectivity index (χ2n) is 7.48. The molecule has 0 atom stereocenters. The molecule has 0 aliphatic carbocycles. The van der Waals surface area contributed by atoms with Crippen LogP contribution in [0, 0.1) is 6.92 Å². The van der Waals surface area contributed by atoms with E-state index in [0.29, 0.717) is 27.5 Å². The average Bonchev–Trinajstić information content (AvgIpc) is 3.33. The SMILES string of the molecule is Cc1ccc(N=C2S/C(=C\c3ccc(Cl)cc3)C(=O)N2Cc2nc3ccccc3[nH]2)cc1. The highest BCUT2D eigenvalue weighted by atomic mass is 35.5. The third-order valence-corrected chi connectivity index (χ3v) is 6.32. The van der Waals surface area contributed by atoms with Gasteiger partial charge in [-0.05, 0) is 66.7 Å². The summed E-state index contributed by atoms with van der Waals surface area (Å²) in [6, 6.07) is 23.1. The van der Waals surface area contributed by atoms with E-state index < -0.39 is 0 Å². The molecule has 158 valence electrons. The maximum atomic E-state index is 13.3. The molecule has 0 saturated carbocycles. The topological polar surface area (TPSA) is 61.4 Å². The fraction of sp³-hybridized carbons (Fsp3) is 0.0800. The molecule has 0 spiro atoms. The van der Waals surface area contributed by atoms with Gasteiger partial charge < -0.3 is 4.98 Å². The van der Waals surface area contributed by atoms with Gasteiger partial charge in [-0.1, -0.05) is 53.6 Å². The van der Waals surface area contributed by atoms with Crippen LogP contribution >= 0.6 is 23.4 Å². The van der Waals surface area contributed by atoms with Gasteiger partial charge in [0.15, 0.2) is 5.17 Å². The van der Waals surface area contributed by atoms with E-state index in [0.717, 1.165) is 27.8 Å². The second kappa shape index (κ2) is 8.65. The van der Waals surface area contributed by atoms with Crippen LogP contribution in [0.1, 0.15) is 17.0 Å². The summed E-state index contributed by atoms with van der Waals surface area (Å²) in [6.45, 7) is 2.34. The van der Waals surface area contributed by atoms with E-state index in [1.807, 2.05) is 85.8 Å². The van der Waals surface area contributed by atoms with Crippen molar-refractivity contribution in [2.24, 2.45) is 4.99 Å². The number of halogens is 1. The third-order valence-electron chi connectivity index (χ3n) is 5.06. The van der Waals surface area contributed by atoms with Crippen LogP contribution in [0.2, 0.25) is 5.02 Å². The van der Waals surface area contributed by atoms with Crippen molar-refractivity contribution in [1.29, 1.82) is 0 Å². The van der Waals surface area contributed by atoms with Crippen molar-refractivity contribution in [3.8, 4) is 0 Å². The van der Waals surface area contributed by atoms with Crippen LogP contribution in [0.25, 0.3) is 17.1 Å². The molecule has 1 saturated heterocycles. The average molecular weight is 459 g/mol. The van der Waals surface area contributed by atoms with E-state index in [4.69, 9.17) is 16.6 Å². The van der Waals surface area contributed by atoms with Crippen molar-refractivity contribution >= 4 is 57.2 Å². The first-order valence-corrected chi connectivity index (χ1v) is 11.3. The van der Waals surface area contributed by atoms with Crippen molar-refractivity contribution in [3.05, 3.63) is 99.7 Å². The number of fused-ring (bicyclic) bond motifs is 1. The Bertz CT molecular complexity index is 1320. The molecule has 1 aliphatic heterocycles. The van der Waals surface area contributed by atoms with Gasteiger partial charge in [-0.15, -0.1) is 0 Å². The van der Waals surface area contributed by atoms with Gasteiger partial charge in [0.05, 0.1) is 28.2 Å². The normalized spacial score (nSPS) is 16.6. The second-order valence-corrected chi connectivity index (χ2v) is 8.93. The largest absolute Gasteiger partial charge is 0.340 e. The van der Waals surface area contributed by atoms with Crippen molar-refractivity contribution < 1.29 is 4.79 Å². The molecule has 5 nitrogen and oxygen atoms in total. The minimum atomic E-state index is -0.101. The van der Waals surface area contributed by atoms with E-state index in [2.05, 4.69) is 9.97 Å². The third kappa shape index (κ3) is 4.33. The van der Waals surface area contributed by atoms with Crippen molar-refractivity contribution in [2.75, 3.05) is 0 Å². The number of para-hydroxylation sites is 2. The minimum Gasteiger partial charge on any atom is -0.340 e. The zero-order valence-electron chi connectivity index (χ0n) is 17.2. The lowest BCUT2D eigenvalue weighted by atomic mass is 10.2. The lowest BCUT2D eigenvalue weighted by Gasteiger charge is -2.14. The molecule has 7 heteroatoms. The highest BCUT2D eigenvalue weighted by Gasteiger charge is 2.34. The van der Waals surface area contributed by atoms with Crippen molar-refractivity contribution in [2.45, 2.75) is 13.5 Å². The van der Waals surface area contributed by atoms with Crippen molar-refractivity contribution in [3.63, 3.8) is 0 Å². The molecule has 1 amide bonds. The molecule has 4 aromatic rings. The Morgan fingerprint density at radius 3 is 2.56 bits per heavy atom. The lowest BCUT2D eigenvalue weighted by Crippen LogP contribution is -2.29. The van der Waals surface area contributed by atoms with Crippen LogP contribution in [0.15, 0.2) is 82.7 Å². The predicted octanol–water partition coefficient (Wildman–Crippen LogP) is 6.33. The molecule has 0 unspecified atom stereocenters. The lowest BCUT2D eigenvalue weighted by molar-refractivity contribution is -0.122. The molecular formula is C25H19ClN4OS. The number of nitrogens with zero attached hydrogens (tertiary/aromatic N) is 3. The molecule has 3 aromatic carbocycles. The molecule has 0 bridgehead atoms. The monoisotopic (exact) mass is 458 g/mol. The zero-order valence-corrected chi connectivity index (χ0v) is 18.8. The molecule has 32 heavy (non-hydrogen) atoms. The number of hydrogen-bond acceptors (Lipinski definition) is 4. The number of nitrogens with one attached hydrogen (secondary N) is 1. The number of aromatic nitrogens is 2. The Morgan fingerprint density at radius 1 is 1.06 bits per heavy atom. The molecule has 1 aliphatic rings. The number of amidine groups is 1. The summed E-state index contributed by atoms with van der Waals surface area (Å²) < 4.78 is 0. The number of H-pyrrole nitrogens is 1. The van der Waals surface area contributed by atoms with Crippen LogP contribution in [-0.4, -0.2) is 25.9 Å². The summed E-state index contributed by atoms with van der Waals surface area (Å²) in [5.74, 6) is 0.612. The Balaban J connectivity index is 1.51. The number of imidazole rings is 1. The fourth-order valence-corrected chi connectivity index (χ4v) is 4.53.